The second-order valence-electron chi connectivity index (χ2n) is 5.67. The first-order valence-electron chi connectivity index (χ1n) is 7.87. The van der Waals surface area contributed by atoms with Gasteiger partial charge in [-0.3, -0.25) is 9.78 Å². The van der Waals surface area contributed by atoms with Crippen molar-refractivity contribution in [3.8, 4) is 22.6 Å². The van der Waals surface area contributed by atoms with E-state index >= 15 is 0 Å². The maximum absolute atomic E-state index is 10.9. The summed E-state index contributed by atoms with van der Waals surface area (Å²) in [4.78, 5) is 15.0. The topological polar surface area (TPSA) is 85.4 Å². The molecular formula is C20H18N2O3. The summed E-state index contributed by atoms with van der Waals surface area (Å²) in [5.41, 5.74) is 8.42. The molecule has 0 bridgehead atoms. The zero-order valence-electron chi connectivity index (χ0n) is 13.5. The van der Waals surface area contributed by atoms with E-state index in [0.717, 1.165) is 16.7 Å². The number of aliphatic carboxylic acids is 1. The molecule has 0 fully saturated rings. The van der Waals surface area contributed by atoms with Crippen molar-refractivity contribution >= 4 is 5.97 Å². The van der Waals surface area contributed by atoms with Crippen LogP contribution in [0.3, 0.4) is 0 Å². The molecule has 3 rings (SSSR count). The van der Waals surface area contributed by atoms with Crippen molar-refractivity contribution in [2.45, 2.75) is 12.5 Å². The first kappa shape index (κ1) is 16.7. The second kappa shape index (κ2) is 7.59. The Hall–Kier alpha value is -3.18. The fourth-order valence-electron chi connectivity index (χ4n) is 2.49. The third kappa shape index (κ3) is 4.43. The Bertz CT molecular complexity index is 866. The Morgan fingerprint density at radius 1 is 1.04 bits per heavy atom. The van der Waals surface area contributed by atoms with Crippen molar-refractivity contribution in [2.75, 3.05) is 0 Å². The highest BCUT2D eigenvalue weighted by Crippen LogP contribution is 2.27. The summed E-state index contributed by atoms with van der Waals surface area (Å²) in [6.45, 7) is 0. The monoisotopic (exact) mass is 334 g/mol. The summed E-state index contributed by atoms with van der Waals surface area (Å²) in [7, 11) is 0. The molecule has 25 heavy (non-hydrogen) atoms. The zero-order chi connectivity index (χ0) is 17.6. The third-order valence-electron chi connectivity index (χ3n) is 3.74. The Balaban J connectivity index is 1.78. The fraction of sp³-hybridized carbons (Fsp3) is 0.100. The number of nitrogens with two attached hydrogens (primary N) is 1. The number of carboxylic acid groups (broad SMARTS) is 1. The molecule has 5 heteroatoms. The molecule has 2 aromatic carbocycles. The number of carboxylic acids is 1. The summed E-state index contributed by atoms with van der Waals surface area (Å²) in [5, 5.41) is 8.93. The maximum Gasteiger partial charge on any atom is 0.320 e. The van der Waals surface area contributed by atoms with Crippen LogP contribution in [0.2, 0.25) is 0 Å². The molecule has 0 radical (unpaired) electrons. The minimum absolute atomic E-state index is 0.252. The largest absolute Gasteiger partial charge is 0.480 e. The van der Waals surface area contributed by atoms with Gasteiger partial charge >= 0.3 is 5.97 Å². The van der Waals surface area contributed by atoms with Crippen LogP contribution in [-0.2, 0) is 11.2 Å². The summed E-state index contributed by atoms with van der Waals surface area (Å²) in [6, 6.07) is 18.0. The summed E-state index contributed by atoms with van der Waals surface area (Å²) in [6.07, 6.45) is 3.78. The molecule has 0 spiro atoms. The molecule has 0 aliphatic heterocycles. The van der Waals surface area contributed by atoms with Crippen LogP contribution in [0.1, 0.15) is 5.56 Å². The van der Waals surface area contributed by atoms with Gasteiger partial charge in [-0.1, -0.05) is 30.3 Å². The molecule has 0 aliphatic rings. The molecule has 5 nitrogen and oxygen atoms in total. The van der Waals surface area contributed by atoms with Crippen LogP contribution >= 0.6 is 0 Å². The van der Waals surface area contributed by atoms with Crippen LogP contribution in [0.15, 0.2) is 73.1 Å². The van der Waals surface area contributed by atoms with E-state index in [4.69, 9.17) is 15.6 Å². The molecule has 0 saturated heterocycles. The van der Waals surface area contributed by atoms with E-state index in [0.29, 0.717) is 11.5 Å². The van der Waals surface area contributed by atoms with E-state index in [2.05, 4.69) is 4.98 Å². The average molecular weight is 334 g/mol. The number of aromatic nitrogens is 1. The first-order valence-corrected chi connectivity index (χ1v) is 7.87. The average Bonchev–Trinajstić information content (AvgIpc) is 2.63. The van der Waals surface area contributed by atoms with Gasteiger partial charge in [0.2, 0.25) is 0 Å². The smallest absolute Gasteiger partial charge is 0.320 e. The lowest BCUT2D eigenvalue weighted by molar-refractivity contribution is -0.138. The molecule has 1 atom stereocenters. The molecule has 1 unspecified atom stereocenters. The predicted octanol–water partition coefficient (Wildman–Crippen LogP) is 3.50. The van der Waals surface area contributed by atoms with E-state index in [1.54, 1.807) is 18.5 Å². The molecule has 3 N–H and O–H groups in total. The minimum Gasteiger partial charge on any atom is -0.480 e. The number of rotatable bonds is 6. The van der Waals surface area contributed by atoms with Gasteiger partial charge in [-0.2, -0.15) is 0 Å². The third-order valence-corrected chi connectivity index (χ3v) is 3.74. The van der Waals surface area contributed by atoms with E-state index in [1.165, 1.54) is 0 Å². The molecule has 1 aromatic heterocycles. The highest BCUT2D eigenvalue weighted by Gasteiger charge is 2.12. The number of benzene rings is 2. The molecule has 0 saturated carbocycles. The predicted molar refractivity (Wildman–Crippen MR) is 95.5 cm³/mol. The van der Waals surface area contributed by atoms with Crippen molar-refractivity contribution in [3.05, 3.63) is 78.6 Å². The number of ether oxygens (including phenoxy) is 1. The molecule has 1 heterocycles. The number of hydrogen-bond donors (Lipinski definition) is 2. The first-order chi connectivity index (χ1) is 12.1. The lowest BCUT2D eigenvalue weighted by Crippen LogP contribution is -2.32. The van der Waals surface area contributed by atoms with Gasteiger partial charge in [0, 0.05) is 18.0 Å². The number of hydrogen-bond acceptors (Lipinski definition) is 4. The van der Waals surface area contributed by atoms with Gasteiger partial charge < -0.3 is 15.6 Å². The van der Waals surface area contributed by atoms with Crippen LogP contribution in [0.25, 0.3) is 11.1 Å². The van der Waals surface area contributed by atoms with Crippen molar-refractivity contribution in [3.63, 3.8) is 0 Å². The Labute approximate surface area is 145 Å². The van der Waals surface area contributed by atoms with Crippen LogP contribution in [0, 0.1) is 0 Å². The Morgan fingerprint density at radius 2 is 1.76 bits per heavy atom. The fourth-order valence-corrected chi connectivity index (χ4v) is 2.49. The van der Waals surface area contributed by atoms with Crippen molar-refractivity contribution in [1.82, 2.24) is 4.98 Å². The van der Waals surface area contributed by atoms with Crippen molar-refractivity contribution in [2.24, 2.45) is 5.73 Å². The Kier molecular flexibility index (Phi) is 5.06. The van der Waals surface area contributed by atoms with Gasteiger partial charge in [0.15, 0.2) is 0 Å². The van der Waals surface area contributed by atoms with Crippen LogP contribution < -0.4 is 10.5 Å². The molecule has 0 amide bonds. The number of carbonyl (C=O) groups is 1. The van der Waals surface area contributed by atoms with Crippen molar-refractivity contribution < 1.29 is 14.6 Å². The second-order valence-corrected chi connectivity index (χ2v) is 5.67. The van der Waals surface area contributed by atoms with Gasteiger partial charge in [0.05, 0.1) is 0 Å². The SMILES string of the molecule is NC(Cc1cccc(Oc2cccc(-c3cccnc3)c2)c1)C(=O)O. The quantitative estimate of drug-likeness (QED) is 0.720. The van der Waals surface area contributed by atoms with Gasteiger partial charge in [-0.05, 0) is 47.9 Å². The van der Waals surface area contributed by atoms with Crippen LogP contribution in [-0.4, -0.2) is 22.1 Å². The zero-order valence-corrected chi connectivity index (χ0v) is 13.5. The number of pyridine rings is 1. The lowest BCUT2D eigenvalue weighted by atomic mass is 10.1. The van der Waals surface area contributed by atoms with Crippen LogP contribution in [0.5, 0.6) is 11.5 Å². The number of nitrogens with zero attached hydrogens (tertiary/aromatic N) is 1. The standard InChI is InChI=1S/C20H18N2O3/c21-19(20(23)24)11-14-4-1-7-17(10-14)25-18-8-2-5-15(12-18)16-6-3-9-22-13-16/h1-10,12-13,19H,11,21H2,(H,23,24). The van der Waals surface area contributed by atoms with Gasteiger partial charge in [-0.15, -0.1) is 0 Å². The van der Waals surface area contributed by atoms with E-state index in [1.807, 2.05) is 54.6 Å². The molecule has 0 aliphatic carbocycles. The van der Waals surface area contributed by atoms with E-state index < -0.39 is 12.0 Å². The van der Waals surface area contributed by atoms with Gasteiger partial charge in [0.25, 0.3) is 0 Å². The Morgan fingerprint density at radius 3 is 2.48 bits per heavy atom. The maximum atomic E-state index is 10.9. The van der Waals surface area contributed by atoms with E-state index in [9.17, 15) is 4.79 Å². The minimum atomic E-state index is -1.02. The highest BCUT2D eigenvalue weighted by molar-refractivity contribution is 5.73. The molecular weight excluding hydrogens is 316 g/mol. The normalized spacial score (nSPS) is 11.7. The highest BCUT2D eigenvalue weighted by atomic mass is 16.5. The van der Waals surface area contributed by atoms with E-state index in [-0.39, 0.29) is 6.42 Å². The summed E-state index contributed by atoms with van der Waals surface area (Å²) < 4.78 is 5.91. The lowest BCUT2D eigenvalue weighted by Gasteiger charge is -2.10. The van der Waals surface area contributed by atoms with Crippen LogP contribution in [0.4, 0.5) is 0 Å². The molecule has 3 aromatic rings. The summed E-state index contributed by atoms with van der Waals surface area (Å²) in [5.74, 6) is 0.315. The van der Waals surface area contributed by atoms with Gasteiger partial charge in [0.1, 0.15) is 17.5 Å². The summed E-state index contributed by atoms with van der Waals surface area (Å²) >= 11 is 0. The van der Waals surface area contributed by atoms with Crippen molar-refractivity contribution in [1.29, 1.82) is 0 Å². The van der Waals surface area contributed by atoms with Gasteiger partial charge in [-0.25, -0.2) is 0 Å². The molecule has 126 valence electrons.